The van der Waals surface area contributed by atoms with Crippen molar-refractivity contribution in [3.63, 3.8) is 0 Å². The van der Waals surface area contributed by atoms with Gasteiger partial charge in [0.15, 0.2) is 4.96 Å². The van der Waals surface area contributed by atoms with Gasteiger partial charge in [-0.05, 0) is 50.0 Å². The molecule has 0 radical (unpaired) electrons. The van der Waals surface area contributed by atoms with Crippen molar-refractivity contribution in [3.8, 4) is 0 Å². The fourth-order valence-corrected chi connectivity index (χ4v) is 4.91. The van der Waals surface area contributed by atoms with Crippen LogP contribution in [0.2, 0.25) is 0 Å². The van der Waals surface area contributed by atoms with E-state index in [1.807, 2.05) is 22.2 Å². The summed E-state index contributed by atoms with van der Waals surface area (Å²) in [4.78, 5) is 17.7. The Morgan fingerprint density at radius 3 is 2.88 bits per heavy atom. The molecule has 2 aliphatic rings. The van der Waals surface area contributed by atoms with Gasteiger partial charge in [0, 0.05) is 23.5 Å². The molecule has 1 amide bonds. The summed E-state index contributed by atoms with van der Waals surface area (Å²) in [5.41, 5.74) is 9.85. The van der Waals surface area contributed by atoms with E-state index in [0.29, 0.717) is 6.42 Å². The Bertz CT molecular complexity index is 741. The van der Waals surface area contributed by atoms with Gasteiger partial charge < -0.3 is 5.43 Å². The first-order valence-corrected chi connectivity index (χ1v) is 10.4. The van der Waals surface area contributed by atoms with Crippen LogP contribution in [0.1, 0.15) is 63.5 Å². The predicted molar refractivity (Wildman–Crippen MR) is 100 cm³/mol. The van der Waals surface area contributed by atoms with Crippen molar-refractivity contribution >= 4 is 22.2 Å². The molecule has 2 N–H and O–H groups in total. The van der Waals surface area contributed by atoms with E-state index in [2.05, 4.69) is 15.8 Å². The number of carbonyl (C=O) groups is 1. The lowest BCUT2D eigenvalue weighted by Gasteiger charge is -2.30. The number of aromatic nitrogens is 2. The van der Waals surface area contributed by atoms with Crippen molar-refractivity contribution in [2.45, 2.75) is 64.2 Å². The third kappa shape index (κ3) is 3.89. The summed E-state index contributed by atoms with van der Waals surface area (Å²) in [6.07, 6.45) is 15.7. The van der Waals surface area contributed by atoms with E-state index >= 15 is 0 Å². The molecule has 0 saturated heterocycles. The van der Waals surface area contributed by atoms with Gasteiger partial charge in [-0.3, -0.25) is 14.6 Å². The van der Waals surface area contributed by atoms with E-state index in [-0.39, 0.29) is 5.91 Å². The number of allylic oxidation sites excluding steroid dienone is 2. The predicted octanol–water partition coefficient (Wildman–Crippen LogP) is 3.97. The van der Waals surface area contributed by atoms with Gasteiger partial charge >= 0.3 is 0 Å². The highest BCUT2D eigenvalue weighted by atomic mass is 32.1. The summed E-state index contributed by atoms with van der Waals surface area (Å²) >= 11 is 1.58. The number of nitrogens with one attached hydrogen (secondary N) is 2. The summed E-state index contributed by atoms with van der Waals surface area (Å²) in [6.45, 7) is 0. The van der Waals surface area contributed by atoms with E-state index < -0.39 is 0 Å². The molecule has 2 aromatic heterocycles. The van der Waals surface area contributed by atoms with Crippen LogP contribution in [0.5, 0.6) is 0 Å². The molecule has 0 atom stereocenters. The van der Waals surface area contributed by atoms with Gasteiger partial charge in [-0.1, -0.05) is 19.3 Å². The third-order valence-electron chi connectivity index (χ3n) is 5.45. The summed E-state index contributed by atoms with van der Waals surface area (Å²) < 4.78 is 1.96. The smallest absolute Gasteiger partial charge is 0.244 e. The highest BCUT2D eigenvalue weighted by Gasteiger charge is 2.23. The maximum absolute atomic E-state index is 12.3. The molecular formula is C19H26N4OS. The number of imidazole rings is 1. The van der Waals surface area contributed by atoms with Gasteiger partial charge in [0.05, 0.1) is 12.1 Å². The van der Waals surface area contributed by atoms with Crippen LogP contribution in [-0.4, -0.2) is 15.3 Å². The molecule has 2 heterocycles. The Morgan fingerprint density at radius 1 is 1.20 bits per heavy atom. The SMILES string of the molecule is O=C(Cc1cn2ccsc2n1)NNC1=C(C2CCCCC2)CCCC1. The number of fused-ring (bicyclic) bond motifs is 1. The number of hydrogen-bond donors (Lipinski definition) is 2. The van der Waals surface area contributed by atoms with E-state index in [4.69, 9.17) is 0 Å². The fraction of sp³-hybridized carbons (Fsp3) is 0.579. The van der Waals surface area contributed by atoms with Crippen LogP contribution >= 0.6 is 11.3 Å². The summed E-state index contributed by atoms with van der Waals surface area (Å²) in [7, 11) is 0. The fourth-order valence-electron chi connectivity index (χ4n) is 4.19. The zero-order valence-corrected chi connectivity index (χ0v) is 15.4. The van der Waals surface area contributed by atoms with Crippen molar-refractivity contribution in [1.29, 1.82) is 0 Å². The molecular weight excluding hydrogens is 332 g/mol. The molecule has 0 aliphatic heterocycles. The van der Waals surface area contributed by atoms with Crippen molar-refractivity contribution in [2.75, 3.05) is 0 Å². The lowest BCUT2D eigenvalue weighted by Crippen LogP contribution is -2.39. The largest absolute Gasteiger partial charge is 0.303 e. The standard InChI is InChI=1S/C19H26N4OS/c24-18(12-15-13-23-10-11-25-19(23)20-15)22-21-17-9-5-4-8-16(17)14-6-2-1-3-7-14/h10-11,13-14,21H,1-9,12H2,(H,22,24). The number of hydrazine groups is 1. The second-order valence-electron chi connectivity index (χ2n) is 7.22. The lowest BCUT2D eigenvalue weighted by molar-refractivity contribution is -0.121. The van der Waals surface area contributed by atoms with Gasteiger partial charge in [0.2, 0.25) is 5.91 Å². The van der Waals surface area contributed by atoms with Crippen molar-refractivity contribution < 1.29 is 4.79 Å². The van der Waals surface area contributed by atoms with Crippen molar-refractivity contribution in [3.05, 3.63) is 34.7 Å². The van der Waals surface area contributed by atoms with Gasteiger partial charge in [-0.25, -0.2) is 4.98 Å². The maximum atomic E-state index is 12.3. The van der Waals surface area contributed by atoms with Gasteiger partial charge in [0.25, 0.3) is 0 Å². The van der Waals surface area contributed by atoms with Crippen LogP contribution in [0.3, 0.4) is 0 Å². The van der Waals surface area contributed by atoms with Gasteiger partial charge in [0.1, 0.15) is 0 Å². The normalized spacial score (nSPS) is 19.4. The highest BCUT2D eigenvalue weighted by molar-refractivity contribution is 7.15. The minimum atomic E-state index is -0.0215. The Hall–Kier alpha value is -1.82. The van der Waals surface area contributed by atoms with Crippen LogP contribution in [0.4, 0.5) is 0 Å². The number of amides is 1. The molecule has 0 spiro atoms. The second-order valence-corrected chi connectivity index (χ2v) is 8.09. The summed E-state index contributed by atoms with van der Waals surface area (Å²) in [6, 6.07) is 0. The van der Waals surface area contributed by atoms with Crippen LogP contribution in [0.25, 0.3) is 4.96 Å². The Balaban J connectivity index is 1.37. The first-order chi connectivity index (χ1) is 12.3. The van der Waals surface area contributed by atoms with Gasteiger partial charge in [-0.15, -0.1) is 11.3 Å². The minimum Gasteiger partial charge on any atom is -0.303 e. The molecule has 2 aliphatic carbocycles. The Kier molecular flexibility index (Phi) is 5.06. The van der Waals surface area contributed by atoms with Gasteiger partial charge in [-0.2, -0.15) is 0 Å². The molecule has 134 valence electrons. The Morgan fingerprint density at radius 2 is 2.04 bits per heavy atom. The lowest BCUT2D eigenvalue weighted by atomic mass is 9.78. The van der Waals surface area contributed by atoms with Crippen molar-refractivity contribution in [2.24, 2.45) is 5.92 Å². The first-order valence-electron chi connectivity index (χ1n) is 9.47. The molecule has 4 rings (SSSR count). The minimum absolute atomic E-state index is 0.0215. The monoisotopic (exact) mass is 358 g/mol. The summed E-state index contributed by atoms with van der Waals surface area (Å²) in [5.74, 6) is 0.709. The maximum Gasteiger partial charge on any atom is 0.244 e. The molecule has 1 fully saturated rings. The zero-order valence-electron chi connectivity index (χ0n) is 14.6. The molecule has 5 nitrogen and oxygen atoms in total. The van der Waals surface area contributed by atoms with Crippen LogP contribution < -0.4 is 10.9 Å². The van der Waals surface area contributed by atoms with Crippen molar-refractivity contribution in [1.82, 2.24) is 20.2 Å². The zero-order chi connectivity index (χ0) is 17.1. The molecule has 0 unspecified atom stereocenters. The number of thiazole rings is 1. The quantitative estimate of drug-likeness (QED) is 0.795. The second kappa shape index (κ2) is 7.60. The first kappa shape index (κ1) is 16.6. The van der Waals surface area contributed by atoms with Crippen LogP contribution in [0, 0.1) is 5.92 Å². The number of carbonyl (C=O) groups excluding carboxylic acids is 1. The van der Waals surface area contributed by atoms with Crippen LogP contribution in [-0.2, 0) is 11.2 Å². The molecule has 2 aromatic rings. The summed E-state index contributed by atoms with van der Waals surface area (Å²) in [5, 5.41) is 2.00. The highest BCUT2D eigenvalue weighted by Crippen LogP contribution is 2.36. The average Bonchev–Trinajstić information content (AvgIpc) is 3.22. The number of rotatable bonds is 5. The Labute approximate surface area is 152 Å². The van der Waals surface area contributed by atoms with E-state index in [1.165, 1.54) is 57.1 Å². The molecule has 1 saturated carbocycles. The van der Waals surface area contributed by atoms with E-state index in [9.17, 15) is 4.79 Å². The molecule has 6 heteroatoms. The molecule has 0 bridgehead atoms. The van der Waals surface area contributed by atoms with Crippen LogP contribution in [0.15, 0.2) is 29.0 Å². The van der Waals surface area contributed by atoms with E-state index in [0.717, 1.165) is 23.0 Å². The third-order valence-corrected chi connectivity index (χ3v) is 6.22. The number of hydrogen-bond acceptors (Lipinski definition) is 4. The number of nitrogens with zero attached hydrogens (tertiary/aromatic N) is 2. The van der Waals surface area contributed by atoms with E-state index in [1.54, 1.807) is 16.9 Å². The average molecular weight is 359 g/mol. The molecule has 25 heavy (non-hydrogen) atoms. The molecule has 0 aromatic carbocycles. The topological polar surface area (TPSA) is 58.4 Å².